The molecule has 1 aromatic heterocycles. The smallest absolute Gasteiger partial charge is 0.248 e. The Balaban J connectivity index is 0.00000441. The fourth-order valence-electron chi connectivity index (χ4n) is 1.56. The monoisotopic (exact) mass is 425 g/mol. The zero-order chi connectivity index (χ0) is 15.5. The third-order valence-electron chi connectivity index (χ3n) is 2.66. The van der Waals surface area contributed by atoms with Crippen molar-refractivity contribution < 1.29 is 9.26 Å². The summed E-state index contributed by atoms with van der Waals surface area (Å²) in [6.07, 6.45) is 1.09. The Morgan fingerprint density at radius 3 is 2.68 bits per heavy atom. The van der Waals surface area contributed by atoms with Crippen molar-refractivity contribution in [2.45, 2.75) is 40.7 Å². The van der Waals surface area contributed by atoms with Gasteiger partial charge in [-0.1, -0.05) is 19.0 Å². The SMILES string of the molecule is CCNC(=NCc1nc(C)no1)NCCOCCC(C)C.I. The predicted octanol–water partition coefficient (Wildman–Crippen LogP) is 2.11. The van der Waals surface area contributed by atoms with Crippen LogP contribution in [0.25, 0.3) is 0 Å². The molecule has 0 unspecified atom stereocenters. The molecule has 22 heavy (non-hydrogen) atoms. The molecule has 0 atom stereocenters. The molecular weight excluding hydrogens is 397 g/mol. The maximum absolute atomic E-state index is 5.55. The molecule has 0 aliphatic carbocycles. The average molecular weight is 425 g/mol. The number of hydrogen-bond donors (Lipinski definition) is 2. The summed E-state index contributed by atoms with van der Waals surface area (Å²) in [5.41, 5.74) is 0. The van der Waals surface area contributed by atoms with Gasteiger partial charge >= 0.3 is 0 Å². The largest absolute Gasteiger partial charge is 0.380 e. The molecule has 0 amide bonds. The van der Waals surface area contributed by atoms with E-state index in [9.17, 15) is 0 Å². The van der Waals surface area contributed by atoms with E-state index >= 15 is 0 Å². The molecule has 2 N–H and O–H groups in total. The predicted molar refractivity (Wildman–Crippen MR) is 97.5 cm³/mol. The first kappa shape index (κ1) is 21.1. The Hall–Kier alpha value is -0.900. The number of aryl methyl sites for hydroxylation is 1. The molecular formula is C14H28IN5O2. The van der Waals surface area contributed by atoms with Gasteiger partial charge in [0, 0.05) is 19.7 Å². The van der Waals surface area contributed by atoms with Gasteiger partial charge < -0.3 is 19.9 Å². The first-order valence-electron chi connectivity index (χ1n) is 7.51. The second kappa shape index (κ2) is 12.6. The maximum Gasteiger partial charge on any atom is 0.248 e. The van der Waals surface area contributed by atoms with E-state index in [0.717, 1.165) is 25.5 Å². The van der Waals surface area contributed by atoms with E-state index in [0.29, 0.717) is 37.3 Å². The number of rotatable bonds is 9. The summed E-state index contributed by atoms with van der Waals surface area (Å²) < 4.78 is 10.6. The number of nitrogens with zero attached hydrogens (tertiary/aromatic N) is 3. The summed E-state index contributed by atoms with van der Waals surface area (Å²) in [5.74, 6) is 2.53. The van der Waals surface area contributed by atoms with Crippen molar-refractivity contribution in [3.05, 3.63) is 11.7 Å². The second-order valence-electron chi connectivity index (χ2n) is 5.15. The van der Waals surface area contributed by atoms with Gasteiger partial charge in [0.1, 0.15) is 6.54 Å². The van der Waals surface area contributed by atoms with Gasteiger partial charge in [0.2, 0.25) is 5.89 Å². The number of halogens is 1. The van der Waals surface area contributed by atoms with Crippen LogP contribution in [0.3, 0.4) is 0 Å². The topological polar surface area (TPSA) is 84.6 Å². The highest BCUT2D eigenvalue weighted by atomic mass is 127. The van der Waals surface area contributed by atoms with Crippen LogP contribution in [0.2, 0.25) is 0 Å². The van der Waals surface area contributed by atoms with Crippen LogP contribution in [0.4, 0.5) is 0 Å². The van der Waals surface area contributed by atoms with Crippen molar-refractivity contribution in [1.29, 1.82) is 0 Å². The van der Waals surface area contributed by atoms with Crippen molar-refractivity contribution in [3.63, 3.8) is 0 Å². The Bertz CT molecular complexity index is 423. The van der Waals surface area contributed by atoms with E-state index in [1.54, 1.807) is 6.92 Å². The molecule has 0 aliphatic rings. The maximum atomic E-state index is 5.55. The summed E-state index contributed by atoms with van der Waals surface area (Å²) in [7, 11) is 0. The Labute approximate surface area is 149 Å². The third-order valence-corrected chi connectivity index (χ3v) is 2.66. The van der Waals surface area contributed by atoms with E-state index in [2.05, 4.69) is 39.6 Å². The zero-order valence-electron chi connectivity index (χ0n) is 13.9. The Morgan fingerprint density at radius 2 is 2.09 bits per heavy atom. The van der Waals surface area contributed by atoms with Crippen LogP contribution in [-0.2, 0) is 11.3 Å². The first-order chi connectivity index (χ1) is 10.1. The molecule has 0 fully saturated rings. The molecule has 0 saturated heterocycles. The van der Waals surface area contributed by atoms with E-state index in [1.165, 1.54) is 0 Å². The molecule has 1 rings (SSSR count). The quantitative estimate of drug-likeness (QED) is 0.273. The normalized spacial score (nSPS) is 11.4. The minimum atomic E-state index is 0. The van der Waals surface area contributed by atoms with Crippen LogP contribution < -0.4 is 10.6 Å². The lowest BCUT2D eigenvalue weighted by Crippen LogP contribution is -2.39. The molecule has 7 nitrogen and oxygen atoms in total. The Kier molecular flexibility index (Phi) is 12.1. The van der Waals surface area contributed by atoms with Gasteiger partial charge in [-0.2, -0.15) is 4.98 Å². The highest BCUT2D eigenvalue weighted by Gasteiger charge is 2.02. The average Bonchev–Trinajstić information content (AvgIpc) is 2.85. The fraction of sp³-hybridized carbons (Fsp3) is 0.786. The number of aromatic nitrogens is 2. The summed E-state index contributed by atoms with van der Waals surface area (Å²) >= 11 is 0. The minimum Gasteiger partial charge on any atom is -0.380 e. The number of nitrogens with one attached hydrogen (secondary N) is 2. The minimum absolute atomic E-state index is 0. The van der Waals surface area contributed by atoms with Crippen LogP contribution in [0.15, 0.2) is 9.52 Å². The van der Waals surface area contributed by atoms with Crippen molar-refractivity contribution in [2.75, 3.05) is 26.3 Å². The van der Waals surface area contributed by atoms with Crippen LogP contribution in [0.5, 0.6) is 0 Å². The molecule has 0 aromatic carbocycles. The van der Waals surface area contributed by atoms with Crippen molar-refractivity contribution in [3.8, 4) is 0 Å². The van der Waals surface area contributed by atoms with E-state index in [-0.39, 0.29) is 24.0 Å². The summed E-state index contributed by atoms with van der Waals surface area (Å²) in [6, 6.07) is 0. The summed E-state index contributed by atoms with van der Waals surface area (Å²) in [6.45, 7) is 11.5. The molecule has 8 heteroatoms. The highest BCUT2D eigenvalue weighted by molar-refractivity contribution is 14.0. The molecule has 0 spiro atoms. The van der Waals surface area contributed by atoms with Gasteiger partial charge in [-0.05, 0) is 26.2 Å². The lowest BCUT2D eigenvalue weighted by atomic mass is 10.1. The molecule has 128 valence electrons. The summed E-state index contributed by atoms with van der Waals surface area (Å²) in [5, 5.41) is 10.1. The van der Waals surface area contributed by atoms with E-state index < -0.39 is 0 Å². The fourth-order valence-corrected chi connectivity index (χ4v) is 1.56. The molecule has 1 heterocycles. The standard InChI is InChI=1S/C14H27N5O2.HI/c1-5-15-14(16-7-9-20-8-6-11(2)3)17-10-13-18-12(4)19-21-13;/h11H,5-10H2,1-4H3,(H2,15,16,17);1H. The first-order valence-corrected chi connectivity index (χ1v) is 7.51. The lowest BCUT2D eigenvalue weighted by Gasteiger charge is -2.11. The van der Waals surface area contributed by atoms with Crippen LogP contribution in [0.1, 0.15) is 38.9 Å². The van der Waals surface area contributed by atoms with Crippen LogP contribution >= 0.6 is 24.0 Å². The van der Waals surface area contributed by atoms with Crippen LogP contribution in [0, 0.1) is 12.8 Å². The van der Waals surface area contributed by atoms with Gasteiger partial charge in [-0.3, -0.25) is 0 Å². The molecule has 0 saturated carbocycles. The van der Waals surface area contributed by atoms with Gasteiger partial charge in [-0.25, -0.2) is 4.99 Å². The Morgan fingerprint density at radius 1 is 1.32 bits per heavy atom. The van der Waals surface area contributed by atoms with Gasteiger partial charge in [0.05, 0.1) is 6.61 Å². The van der Waals surface area contributed by atoms with Crippen molar-refractivity contribution in [1.82, 2.24) is 20.8 Å². The van der Waals surface area contributed by atoms with Gasteiger partial charge in [0.25, 0.3) is 0 Å². The van der Waals surface area contributed by atoms with Crippen LogP contribution in [-0.4, -0.2) is 42.4 Å². The van der Waals surface area contributed by atoms with Crippen molar-refractivity contribution >= 4 is 29.9 Å². The number of aliphatic imine (C=N–C) groups is 1. The molecule has 0 bridgehead atoms. The molecule has 0 radical (unpaired) electrons. The molecule has 0 aliphatic heterocycles. The van der Waals surface area contributed by atoms with Crippen molar-refractivity contribution in [2.24, 2.45) is 10.9 Å². The lowest BCUT2D eigenvalue weighted by molar-refractivity contribution is 0.128. The van der Waals surface area contributed by atoms with E-state index in [1.807, 2.05) is 6.92 Å². The number of hydrogen-bond acceptors (Lipinski definition) is 5. The molecule has 1 aromatic rings. The number of ether oxygens (including phenoxy) is 1. The summed E-state index contributed by atoms with van der Waals surface area (Å²) in [4.78, 5) is 8.50. The van der Waals surface area contributed by atoms with E-state index in [4.69, 9.17) is 9.26 Å². The zero-order valence-corrected chi connectivity index (χ0v) is 16.2. The highest BCUT2D eigenvalue weighted by Crippen LogP contribution is 1.98. The number of guanidine groups is 1. The van der Waals surface area contributed by atoms with Gasteiger partial charge in [0.15, 0.2) is 11.8 Å². The third kappa shape index (κ3) is 9.93. The van der Waals surface area contributed by atoms with Gasteiger partial charge in [-0.15, -0.1) is 24.0 Å². The second-order valence-corrected chi connectivity index (χ2v) is 5.15.